The second kappa shape index (κ2) is 9.67. The smallest absolute Gasteiger partial charge is 0.310 e. The van der Waals surface area contributed by atoms with Crippen LogP contribution in [0.25, 0.3) is 11.1 Å². The number of carbonyl (C=O) groups excluding carboxylic acids is 1. The van der Waals surface area contributed by atoms with Crippen LogP contribution in [-0.2, 0) is 22.4 Å². The summed E-state index contributed by atoms with van der Waals surface area (Å²) in [6, 6.07) is 21.6. The van der Waals surface area contributed by atoms with Crippen LogP contribution >= 0.6 is 11.3 Å². The first kappa shape index (κ1) is 22.2. The first-order valence-corrected chi connectivity index (χ1v) is 11.8. The highest BCUT2D eigenvalue weighted by Crippen LogP contribution is 2.36. The monoisotopic (exact) mass is 448 g/mol. The second-order valence-corrected chi connectivity index (χ2v) is 9.57. The van der Waals surface area contributed by atoms with E-state index in [4.69, 9.17) is 5.73 Å². The molecule has 1 unspecified atom stereocenters. The molecule has 0 saturated carbocycles. The predicted molar refractivity (Wildman–Crippen MR) is 127 cm³/mol. The Morgan fingerprint density at radius 1 is 0.969 bits per heavy atom. The van der Waals surface area contributed by atoms with Crippen molar-refractivity contribution in [2.24, 2.45) is 11.1 Å². The molecule has 1 aliphatic heterocycles. The van der Waals surface area contributed by atoms with Crippen LogP contribution in [0.3, 0.4) is 0 Å². The van der Waals surface area contributed by atoms with E-state index in [1.54, 1.807) is 16.2 Å². The summed E-state index contributed by atoms with van der Waals surface area (Å²) < 4.78 is 0. The molecule has 1 aromatic heterocycles. The summed E-state index contributed by atoms with van der Waals surface area (Å²) in [5.74, 6) is -0.885. The summed E-state index contributed by atoms with van der Waals surface area (Å²) in [6.07, 6.45) is 1.84. The van der Waals surface area contributed by atoms with Gasteiger partial charge in [0, 0.05) is 24.4 Å². The van der Waals surface area contributed by atoms with Crippen LogP contribution in [0.5, 0.6) is 0 Å². The number of carbonyl (C=O) groups is 2. The van der Waals surface area contributed by atoms with E-state index in [1.165, 1.54) is 0 Å². The highest BCUT2D eigenvalue weighted by molar-refractivity contribution is 7.09. The van der Waals surface area contributed by atoms with Gasteiger partial charge in [-0.15, -0.1) is 11.3 Å². The molecule has 166 valence electrons. The van der Waals surface area contributed by atoms with Crippen molar-refractivity contribution in [1.29, 1.82) is 0 Å². The number of hydrogen-bond acceptors (Lipinski definition) is 4. The maximum atomic E-state index is 12.8. The van der Waals surface area contributed by atoms with Gasteiger partial charge in [-0.25, -0.2) is 0 Å². The number of thiophene rings is 1. The topological polar surface area (TPSA) is 83.6 Å². The average Bonchev–Trinajstić information content (AvgIpc) is 3.33. The number of nitrogens with zero attached hydrogens (tertiary/aromatic N) is 1. The number of piperidine rings is 1. The number of aliphatic carboxylic acids is 1. The SMILES string of the molecule is NC(Cc1cccs1)C(=O)N1CCC(Cc2ccc(-c3ccccc3)cc2)(C(=O)O)CC1. The summed E-state index contributed by atoms with van der Waals surface area (Å²) >= 11 is 1.59. The molecular weight excluding hydrogens is 420 g/mol. The van der Waals surface area contributed by atoms with Gasteiger partial charge in [0.05, 0.1) is 11.5 Å². The molecule has 1 fully saturated rings. The molecule has 0 radical (unpaired) electrons. The molecule has 2 heterocycles. The fraction of sp³-hybridized carbons (Fsp3) is 0.308. The fourth-order valence-corrected chi connectivity index (χ4v) is 5.19. The third-order valence-corrected chi connectivity index (χ3v) is 7.31. The Hall–Kier alpha value is -2.96. The van der Waals surface area contributed by atoms with Crippen LogP contribution in [0.1, 0.15) is 23.3 Å². The standard InChI is InChI=1S/C26H28N2O3S/c27-23(17-22-7-4-16-32-22)24(29)28-14-12-26(13-15-28,25(30)31)18-19-8-10-21(11-9-19)20-5-2-1-3-6-20/h1-11,16,23H,12-15,17-18,27H2,(H,30,31). The zero-order valence-electron chi connectivity index (χ0n) is 17.9. The zero-order valence-corrected chi connectivity index (χ0v) is 18.8. The van der Waals surface area contributed by atoms with Gasteiger partial charge in [-0.2, -0.15) is 0 Å². The van der Waals surface area contributed by atoms with Crippen LogP contribution in [0.15, 0.2) is 72.1 Å². The number of amides is 1. The Bertz CT molecular complexity index is 1040. The maximum Gasteiger partial charge on any atom is 0.310 e. The molecule has 0 bridgehead atoms. The first-order chi connectivity index (χ1) is 15.5. The van der Waals surface area contributed by atoms with Gasteiger partial charge in [0.1, 0.15) is 0 Å². The maximum absolute atomic E-state index is 12.8. The van der Waals surface area contributed by atoms with Gasteiger partial charge in [-0.1, -0.05) is 60.7 Å². The minimum atomic E-state index is -0.858. The Balaban J connectivity index is 1.40. The summed E-state index contributed by atoms with van der Waals surface area (Å²) in [7, 11) is 0. The quantitative estimate of drug-likeness (QED) is 0.567. The third-order valence-electron chi connectivity index (χ3n) is 6.41. The number of nitrogens with two attached hydrogens (primary N) is 1. The molecule has 32 heavy (non-hydrogen) atoms. The van der Waals surface area contributed by atoms with E-state index in [-0.39, 0.29) is 5.91 Å². The third kappa shape index (κ3) is 4.92. The van der Waals surface area contributed by atoms with Crippen molar-refractivity contribution in [3.8, 4) is 11.1 Å². The fourth-order valence-electron chi connectivity index (χ4n) is 4.43. The van der Waals surface area contributed by atoms with Crippen LogP contribution < -0.4 is 5.73 Å². The van der Waals surface area contributed by atoms with Gasteiger partial charge < -0.3 is 15.7 Å². The molecule has 6 heteroatoms. The number of benzene rings is 2. The van der Waals surface area contributed by atoms with E-state index in [1.807, 2.05) is 60.0 Å². The number of likely N-dealkylation sites (tertiary alicyclic amines) is 1. The minimum absolute atomic E-state index is 0.0930. The Morgan fingerprint density at radius 3 is 2.22 bits per heavy atom. The molecule has 3 N–H and O–H groups in total. The molecular formula is C26H28N2O3S. The van der Waals surface area contributed by atoms with Gasteiger partial charge in [-0.3, -0.25) is 9.59 Å². The van der Waals surface area contributed by atoms with Crippen LogP contribution in [0.2, 0.25) is 0 Å². The molecule has 3 aromatic rings. The summed E-state index contributed by atoms with van der Waals surface area (Å²) in [4.78, 5) is 27.9. The Labute approximate surface area is 192 Å². The molecule has 0 aliphatic carbocycles. The van der Waals surface area contributed by atoms with Gasteiger partial charge in [-0.05, 0) is 47.4 Å². The summed E-state index contributed by atoms with van der Waals surface area (Å²) in [6.45, 7) is 0.844. The van der Waals surface area contributed by atoms with Gasteiger partial charge >= 0.3 is 5.97 Å². The zero-order chi connectivity index (χ0) is 22.6. The van der Waals surface area contributed by atoms with Crippen LogP contribution in [0, 0.1) is 5.41 Å². The van der Waals surface area contributed by atoms with Crippen molar-refractivity contribution in [3.05, 3.63) is 82.6 Å². The number of rotatable bonds is 7. The predicted octanol–water partition coefficient (Wildman–Crippen LogP) is 4.22. The number of carboxylic acid groups (broad SMARTS) is 1. The van der Waals surface area contributed by atoms with Crippen molar-refractivity contribution >= 4 is 23.2 Å². The summed E-state index contributed by atoms with van der Waals surface area (Å²) in [5, 5.41) is 12.0. The lowest BCUT2D eigenvalue weighted by molar-refractivity contribution is -0.154. The first-order valence-electron chi connectivity index (χ1n) is 10.9. The molecule has 1 saturated heterocycles. The molecule has 5 nitrogen and oxygen atoms in total. The van der Waals surface area contributed by atoms with Gasteiger partial charge in [0.2, 0.25) is 5.91 Å². The number of carboxylic acids is 1. The van der Waals surface area contributed by atoms with Gasteiger partial charge in [0.15, 0.2) is 0 Å². The van der Waals surface area contributed by atoms with Crippen molar-refractivity contribution in [3.63, 3.8) is 0 Å². The van der Waals surface area contributed by atoms with Crippen LogP contribution in [0.4, 0.5) is 0 Å². The molecule has 1 aliphatic rings. The Kier molecular flexibility index (Phi) is 6.72. The van der Waals surface area contributed by atoms with Crippen molar-refractivity contribution in [2.45, 2.75) is 31.7 Å². The van der Waals surface area contributed by atoms with Crippen LogP contribution in [-0.4, -0.2) is 41.0 Å². The normalized spacial score (nSPS) is 16.5. The van der Waals surface area contributed by atoms with E-state index in [9.17, 15) is 14.7 Å². The lowest BCUT2D eigenvalue weighted by Gasteiger charge is -2.39. The van der Waals surface area contributed by atoms with E-state index < -0.39 is 17.4 Å². The lowest BCUT2D eigenvalue weighted by Crippen LogP contribution is -2.52. The second-order valence-electron chi connectivity index (χ2n) is 8.54. The van der Waals surface area contributed by atoms with E-state index in [0.29, 0.717) is 38.8 Å². The summed E-state index contributed by atoms with van der Waals surface area (Å²) in [5.41, 5.74) is 8.54. The van der Waals surface area contributed by atoms with E-state index in [2.05, 4.69) is 12.1 Å². The molecule has 1 amide bonds. The minimum Gasteiger partial charge on any atom is -0.481 e. The highest BCUT2D eigenvalue weighted by atomic mass is 32.1. The molecule has 1 atom stereocenters. The highest BCUT2D eigenvalue weighted by Gasteiger charge is 2.43. The Morgan fingerprint density at radius 2 is 1.62 bits per heavy atom. The van der Waals surface area contributed by atoms with Crippen molar-refractivity contribution < 1.29 is 14.7 Å². The van der Waals surface area contributed by atoms with Crippen molar-refractivity contribution in [1.82, 2.24) is 4.90 Å². The largest absolute Gasteiger partial charge is 0.481 e. The average molecular weight is 449 g/mol. The lowest BCUT2D eigenvalue weighted by atomic mass is 9.73. The van der Waals surface area contributed by atoms with Gasteiger partial charge in [0.25, 0.3) is 0 Å². The molecule has 4 rings (SSSR count). The van der Waals surface area contributed by atoms with E-state index in [0.717, 1.165) is 21.6 Å². The molecule has 0 spiro atoms. The van der Waals surface area contributed by atoms with E-state index >= 15 is 0 Å². The molecule has 2 aromatic carbocycles. The number of hydrogen-bond donors (Lipinski definition) is 2. The van der Waals surface area contributed by atoms with Crippen molar-refractivity contribution in [2.75, 3.05) is 13.1 Å².